The number of hydrogen-bond donors (Lipinski definition) is 0. The summed E-state index contributed by atoms with van der Waals surface area (Å²) in [5.41, 5.74) is 2.03. The summed E-state index contributed by atoms with van der Waals surface area (Å²) in [4.78, 5) is 13.6. The quantitative estimate of drug-likeness (QED) is 0.809. The van der Waals surface area contributed by atoms with Crippen LogP contribution in [0.3, 0.4) is 0 Å². The van der Waals surface area contributed by atoms with Crippen LogP contribution in [0.1, 0.15) is 5.69 Å². The van der Waals surface area contributed by atoms with Crippen LogP contribution in [-0.2, 0) is 0 Å². The van der Waals surface area contributed by atoms with Gasteiger partial charge < -0.3 is 9.80 Å². The molecule has 0 saturated carbocycles. The van der Waals surface area contributed by atoms with E-state index in [0.29, 0.717) is 11.0 Å². The number of aromatic nitrogens is 2. The zero-order valence-electron chi connectivity index (χ0n) is 11.5. The Morgan fingerprint density at radius 2 is 1.75 bits per heavy atom. The molecular weight excluding hydrogens is 279 g/mol. The molecule has 1 aromatic heterocycles. The Hall–Kier alpha value is -1.46. The van der Waals surface area contributed by atoms with E-state index in [9.17, 15) is 4.39 Å². The molecule has 3 rings (SSSR count). The van der Waals surface area contributed by atoms with Crippen molar-refractivity contribution >= 4 is 28.5 Å². The van der Waals surface area contributed by atoms with Gasteiger partial charge in [0.05, 0.1) is 21.7 Å². The number of hydrogen-bond acceptors (Lipinski definition) is 4. The van der Waals surface area contributed by atoms with Crippen LogP contribution in [0.25, 0.3) is 11.0 Å². The van der Waals surface area contributed by atoms with E-state index in [2.05, 4.69) is 26.8 Å². The molecule has 0 unspecified atom stereocenters. The lowest BCUT2D eigenvalue weighted by molar-refractivity contribution is 0.312. The van der Waals surface area contributed by atoms with E-state index in [-0.39, 0.29) is 5.02 Å². The maximum atomic E-state index is 13.6. The first-order valence-corrected chi connectivity index (χ1v) is 6.99. The number of likely N-dealkylation sites (N-methyl/N-ethyl adjacent to an activating group) is 1. The smallest absolute Gasteiger partial charge is 0.150 e. The number of aryl methyl sites for hydroxylation is 1. The van der Waals surface area contributed by atoms with Crippen LogP contribution in [-0.4, -0.2) is 48.1 Å². The highest BCUT2D eigenvalue weighted by molar-refractivity contribution is 6.31. The van der Waals surface area contributed by atoms with E-state index in [1.54, 1.807) is 0 Å². The molecule has 4 nitrogen and oxygen atoms in total. The molecule has 1 aromatic carbocycles. The van der Waals surface area contributed by atoms with E-state index in [1.807, 2.05) is 6.92 Å². The largest absolute Gasteiger partial charge is 0.353 e. The summed E-state index contributed by atoms with van der Waals surface area (Å²) < 4.78 is 13.6. The number of benzene rings is 1. The molecule has 6 heteroatoms. The van der Waals surface area contributed by atoms with Gasteiger partial charge in [0.25, 0.3) is 0 Å². The SMILES string of the molecule is Cc1nc2cc(Cl)c(F)cc2nc1N1CCN(C)CC1. The van der Waals surface area contributed by atoms with Gasteiger partial charge in [-0.2, -0.15) is 0 Å². The number of anilines is 1. The predicted molar refractivity (Wildman–Crippen MR) is 79.0 cm³/mol. The maximum Gasteiger partial charge on any atom is 0.150 e. The molecule has 0 radical (unpaired) electrons. The van der Waals surface area contributed by atoms with Gasteiger partial charge >= 0.3 is 0 Å². The Bertz CT molecular complexity index is 653. The third kappa shape index (κ3) is 2.43. The van der Waals surface area contributed by atoms with Gasteiger partial charge in [-0.25, -0.2) is 14.4 Å². The second-order valence-electron chi connectivity index (χ2n) is 5.18. The normalized spacial score (nSPS) is 16.9. The summed E-state index contributed by atoms with van der Waals surface area (Å²) in [7, 11) is 2.10. The van der Waals surface area contributed by atoms with E-state index in [1.165, 1.54) is 12.1 Å². The zero-order chi connectivity index (χ0) is 14.3. The molecule has 0 aliphatic carbocycles. The molecule has 1 aliphatic heterocycles. The molecule has 0 amide bonds. The number of halogens is 2. The molecule has 106 valence electrons. The van der Waals surface area contributed by atoms with Gasteiger partial charge in [-0.05, 0) is 20.0 Å². The van der Waals surface area contributed by atoms with Crippen LogP contribution in [0.4, 0.5) is 10.2 Å². The average molecular weight is 295 g/mol. The number of rotatable bonds is 1. The minimum Gasteiger partial charge on any atom is -0.353 e. The zero-order valence-corrected chi connectivity index (χ0v) is 12.3. The maximum absolute atomic E-state index is 13.6. The molecule has 0 atom stereocenters. The molecule has 20 heavy (non-hydrogen) atoms. The first-order chi connectivity index (χ1) is 9.54. The molecule has 1 fully saturated rings. The van der Waals surface area contributed by atoms with Crippen molar-refractivity contribution in [2.75, 3.05) is 38.1 Å². The first kappa shape index (κ1) is 13.5. The minimum absolute atomic E-state index is 0.0820. The monoisotopic (exact) mass is 294 g/mol. The molecule has 1 aliphatic rings. The fourth-order valence-electron chi connectivity index (χ4n) is 2.45. The van der Waals surface area contributed by atoms with Crippen LogP contribution in [0.15, 0.2) is 12.1 Å². The van der Waals surface area contributed by atoms with Crippen molar-refractivity contribution in [2.45, 2.75) is 6.92 Å². The predicted octanol–water partition coefficient (Wildman–Crippen LogP) is 2.48. The highest BCUT2D eigenvalue weighted by Crippen LogP contribution is 2.25. The lowest BCUT2D eigenvalue weighted by Gasteiger charge is -2.33. The van der Waals surface area contributed by atoms with Crippen molar-refractivity contribution in [3.63, 3.8) is 0 Å². The standard InChI is InChI=1S/C14H16ClFN4/c1-9-14(20-5-3-19(2)4-6-20)18-13-8-11(16)10(15)7-12(13)17-9/h7-8H,3-6H2,1-2H3. The van der Waals surface area contributed by atoms with E-state index < -0.39 is 5.82 Å². The summed E-state index contributed by atoms with van der Waals surface area (Å²) in [6, 6.07) is 2.88. The van der Waals surface area contributed by atoms with Gasteiger partial charge in [0.1, 0.15) is 5.82 Å². The second-order valence-corrected chi connectivity index (χ2v) is 5.59. The van der Waals surface area contributed by atoms with E-state index in [4.69, 9.17) is 11.6 Å². The fourth-order valence-corrected chi connectivity index (χ4v) is 2.61. The molecule has 0 N–H and O–H groups in total. The number of fused-ring (bicyclic) bond motifs is 1. The Morgan fingerprint density at radius 3 is 2.45 bits per heavy atom. The minimum atomic E-state index is -0.457. The van der Waals surface area contributed by atoms with Gasteiger partial charge in [0.2, 0.25) is 0 Å². The third-order valence-electron chi connectivity index (χ3n) is 3.66. The lowest BCUT2D eigenvalue weighted by atomic mass is 10.2. The Morgan fingerprint density at radius 1 is 1.10 bits per heavy atom. The Kier molecular flexibility index (Phi) is 3.48. The van der Waals surface area contributed by atoms with Gasteiger partial charge in [0.15, 0.2) is 5.82 Å². The van der Waals surface area contributed by atoms with E-state index >= 15 is 0 Å². The molecule has 2 heterocycles. The summed E-state index contributed by atoms with van der Waals surface area (Å²) in [6.07, 6.45) is 0. The molecule has 1 saturated heterocycles. The van der Waals surface area contributed by atoms with Crippen molar-refractivity contribution in [3.8, 4) is 0 Å². The highest BCUT2D eigenvalue weighted by atomic mass is 35.5. The number of nitrogens with zero attached hydrogens (tertiary/aromatic N) is 4. The van der Waals surface area contributed by atoms with Gasteiger partial charge in [-0.3, -0.25) is 0 Å². The highest BCUT2D eigenvalue weighted by Gasteiger charge is 2.18. The van der Waals surface area contributed by atoms with Crippen LogP contribution in [0, 0.1) is 12.7 Å². The summed E-state index contributed by atoms with van der Waals surface area (Å²) >= 11 is 5.79. The van der Waals surface area contributed by atoms with Crippen LogP contribution in [0.2, 0.25) is 5.02 Å². The van der Waals surface area contributed by atoms with Crippen molar-refractivity contribution in [3.05, 3.63) is 28.7 Å². The van der Waals surface area contributed by atoms with Gasteiger partial charge in [-0.15, -0.1) is 0 Å². The van der Waals surface area contributed by atoms with Crippen LogP contribution in [0.5, 0.6) is 0 Å². The van der Waals surface area contributed by atoms with Gasteiger partial charge in [0, 0.05) is 32.2 Å². The van der Waals surface area contributed by atoms with Crippen molar-refractivity contribution in [1.29, 1.82) is 0 Å². The van der Waals surface area contributed by atoms with Crippen LogP contribution >= 0.6 is 11.6 Å². The lowest BCUT2D eigenvalue weighted by Crippen LogP contribution is -2.45. The molecule has 0 spiro atoms. The average Bonchev–Trinajstić information content (AvgIpc) is 2.41. The second kappa shape index (κ2) is 5.14. The van der Waals surface area contributed by atoms with Crippen LogP contribution < -0.4 is 4.90 Å². The Labute approximate surface area is 122 Å². The summed E-state index contributed by atoms with van der Waals surface area (Å²) in [6.45, 7) is 5.74. The Balaban J connectivity index is 2.03. The van der Waals surface area contributed by atoms with Crippen molar-refractivity contribution in [2.24, 2.45) is 0 Å². The topological polar surface area (TPSA) is 32.3 Å². The molecular formula is C14H16ClFN4. The molecule has 0 bridgehead atoms. The molecule has 2 aromatic rings. The first-order valence-electron chi connectivity index (χ1n) is 6.61. The third-order valence-corrected chi connectivity index (χ3v) is 3.95. The van der Waals surface area contributed by atoms with Crippen molar-refractivity contribution < 1.29 is 4.39 Å². The fraction of sp³-hybridized carbons (Fsp3) is 0.429. The summed E-state index contributed by atoms with van der Waals surface area (Å²) in [5.74, 6) is 0.383. The van der Waals surface area contributed by atoms with Gasteiger partial charge in [-0.1, -0.05) is 11.6 Å². The summed E-state index contributed by atoms with van der Waals surface area (Å²) in [5, 5.41) is 0.0820. The van der Waals surface area contributed by atoms with Crippen molar-refractivity contribution in [1.82, 2.24) is 14.9 Å². The van der Waals surface area contributed by atoms with E-state index in [0.717, 1.165) is 37.7 Å². The number of piperazine rings is 1.